The average molecular weight is 481 g/mol. The molecule has 0 atom stereocenters. The van der Waals surface area contributed by atoms with Gasteiger partial charge in [-0.05, 0) is 30.2 Å². The zero-order chi connectivity index (χ0) is 24.2. The lowest BCUT2D eigenvalue weighted by atomic mass is 10.2. The van der Waals surface area contributed by atoms with Gasteiger partial charge < -0.3 is 19.3 Å². The third kappa shape index (κ3) is 8.41. The van der Waals surface area contributed by atoms with Gasteiger partial charge in [0.25, 0.3) is 0 Å². The minimum Gasteiger partial charge on any atom is -0.383 e. The van der Waals surface area contributed by atoms with Crippen molar-refractivity contribution in [1.29, 1.82) is 0 Å². The fraction of sp³-hybridized carbons (Fsp3) is 0.333. The topological polar surface area (TPSA) is 59.1 Å². The number of rotatable bonds is 13. The van der Waals surface area contributed by atoms with E-state index in [2.05, 4.69) is 19.1 Å². The molecule has 0 saturated heterocycles. The van der Waals surface area contributed by atoms with E-state index >= 15 is 0 Å². The quantitative estimate of drug-likeness (QED) is 0.367. The predicted molar refractivity (Wildman–Crippen MR) is 134 cm³/mol. The summed E-state index contributed by atoms with van der Waals surface area (Å²) in [6.07, 6.45) is 0. The summed E-state index contributed by atoms with van der Waals surface area (Å²) in [7, 11) is 1.58. The molecule has 0 radical (unpaired) electrons. The summed E-state index contributed by atoms with van der Waals surface area (Å²) in [5, 5.41) is 0. The Hall–Kier alpha value is -3.00. The molecule has 6 nitrogen and oxygen atoms in total. The Morgan fingerprint density at radius 1 is 0.824 bits per heavy atom. The van der Waals surface area contributed by atoms with Gasteiger partial charge in [0.15, 0.2) is 0 Å². The number of methoxy groups -OCH3 is 1. The SMILES string of the molecule is COCCN(CC(=O)N(Cc1ccccc1)Cc1ccc(C)s1)C(=O)COCc1ccccc1. The second-order valence-electron chi connectivity index (χ2n) is 8.03. The van der Waals surface area contributed by atoms with Gasteiger partial charge in [-0.3, -0.25) is 9.59 Å². The maximum atomic E-state index is 13.4. The van der Waals surface area contributed by atoms with Crippen LogP contribution in [0, 0.1) is 6.92 Å². The highest BCUT2D eigenvalue weighted by atomic mass is 32.1. The monoisotopic (exact) mass is 480 g/mol. The van der Waals surface area contributed by atoms with Gasteiger partial charge in [-0.15, -0.1) is 11.3 Å². The van der Waals surface area contributed by atoms with Gasteiger partial charge in [0.05, 0.1) is 26.3 Å². The highest BCUT2D eigenvalue weighted by Crippen LogP contribution is 2.19. The largest absolute Gasteiger partial charge is 0.383 e. The summed E-state index contributed by atoms with van der Waals surface area (Å²) < 4.78 is 10.8. The minimum absolute atomic E-state index is 0.0198. The van der Waals surface area contributed by atoms with E-state index in [0.29, 0.717) is 32.8 Å². The molecule has 3 aromatic rings. The van der Waals surface area contributed by atoms with Crippen LogP contribution in [-0.4, -0.2) is 55.0 Å². The first-order valence-electron chi connectivity index (χ1n) is 11.3. The van der Waals surface area contributed by atoms with Crippen LogP contribution < -0.4 is 0 Å². The van der Waals surface area contributed by atoms with Gasteiger partial charge in [0, 0.05) is 30.0 Å². The molecular formula is C27H32N2O4S. The number of hydrogen-bond acceptors (Lipinski definition) is 5. The normalized spacial score (nSPS) is 10.8. The van der Waals surface area contributed by atoms with E-state index in [9.17, 15) is 9.59 Å². The highest BCUT2D eigenvalue weighted by molar-refractivity contribution is 7.11. The van der Waals surface area contributed by atoms with Crippen LogP contribution in [0.15, 0.2) is 72.8 Å². The van der Waals surface area contributed by atoms with Crippen molar-refractivity contribution in [1.82, 2.24) is 9.80 Å². The van der Waals surface area contributed by atoms with E-state index < -0.39 is 0 Å². The van der Waals surface area contributed by atoms with Crippen LogP contribution in [0.1, 0.15) is 20.9 Å². The van der Waals surface area contributed by atoms with E-state index in [1.807, 2.05) is 60.7 Å². The molecule has 1 aromatic heterocycles. The lowest BCUT2D eigenvalue weighted by molar-refractivity contribution is -0.144. The molecule has 0 spiro atoms. The molecule has 2 aromatic carbocycles. The van der Waals surface area contributed by atoms with E-state index in [0.717, 1.165) is 16.0 Å². The highest BCUT2D eigenvalue weighted by Gasteiger charge is 2.22. The molecule has 0 N–H and O–H groups in total. The first kappa shape index (κ1) is 25.6. The Labute approximate surface area is 205 Å². The van der Waals surface area contributed by atoms with Crippen molar-refractivity contribution in [2.75, 3.05) is 33.4 Å². The van der Waals surface area contributed by atoms with E-state index in [1.165, 1.54) is 9.78 Å². The second-order valence-corrected chi connectivity index (χ2v) is 9.41. The van der Waals surface area contributed by atoms with Crippen molar-refractivity contribution in [3.63, 3.8) is 0 Å². The minimum atomic E-state index is -0.229. The van der Waals surface area contributed by atoms with Crippen LogP contribution in [0.2, 0.25) is 0 Å². The van der Waals surface area contributed by atoms with E-state index in [1.54, 1.807) is 23.3 Å². The van der Waals surface area contributed by atoms with E-state index in [4.69, 9.17) is 9.47 Å². The molecule has 0 aliphatic heterocycles. The van der Waals surface area contributed by atoms with E-state index in [-0.39, 0.29) is 25.0 Å². The van der Waals surface area contributed by atoms with Crippen LogP contribution in [0.5, 0.6) is 0 Å². The zero-order valence-corrected chi connectivity index (χ0v) is 20.6. The number of thiophene rings is 1. The second kappa shape index (κ2) is 13.6. The summed E-state index contributed by atoms with van der Waals surface area (Å²) in [6.45, 7) is 3.95. The third-order valence-corrected chi connectivity index (χ3v) is 6.28. The smallest absolute Gasteiger partial charge is 0.249 e. The molecule has 0 fully saturated rings. The van der Waals surface area contributed by atoms with Crippen LogP contribution in [0.25, 0.3) is 0 Å². The molecule has 0 aliphatic rings. The van der Waals surface area contributed by atoms with Crippen LogP contribution >= 0.6 is 11.3 Å². The standard InChI is InChI=1S/C27H32N2O4S/c1-22-13-14-25(34-22)18-29(17-23-9-5-3-6-10-23)26(30)19-28(15-16-32-2)27(31)21-33-20-24-11-7-4-8-12-24/h3-14H,15-21H2,1-2H3. The molecule has 7 heteroatoms. The first-order valence-corrected chi connectivity index (χ1v) is 12.1. The predicted octanol–water partition coefficient (Wildman–Crippen LogP) is 4.28. The number of amides is 2. The van der Waals surface area contributed by atoms with Crippen LogP contribution in [0.3, 0.4) is 0 Å². The molecular weight excluding hydrogens is 448 g/mol. The lowest BCUT2D eigenvalue weighted by Gasteiger charge is -2.27. The Bertz CT molecular complexity index is 1020. The maximum absolute atomic E-state index is 13.4. The number of carbonyl (C=O) groups is 2. The molecule has 0 unspecified atom stereocenters. The van der Waals surface area contributed by atoms with Gasteiger partial charge in [0.2, 0.25) is 11.8 Å². The molecule has 2 amide bonds. The van der Waals surface area contributed by atoms with Crippen molar-refractivity contribution >= 4 is 23.2 Å². The molecule has 0 bridgehead atoms. The molecule has 180 valence electrons. The number of ether oxygens (including phenoxy) is 2. The summed E-state index contributed by atoms with van der Waals surface area (Å²) >= 11 is 1.68. The van der Waals surface area contributed by atoms with Crippen molar-refractivity contribution in [2.45, 2.75) is 26.6 Å². The summed E-state index contributed by atoms with van der Waals surface area (Å²) in [6, 6.07) is 23.7. The first-order chi connectivity index (χ1) is 16.5. The third-order valence-electron chi connectivity index (χ3n) is 5.29. The Morgan fingerprint density at radius 3 is 2.12 bits per heavy atom. The fourth-order valence-corrected chi connectivity index (χ4v) is 4.38. The van der Waals surface area contributed by atoms with Crippen molar-refractivity contribution < 1.29 is 19.1 Å². The lowest BCUT2D eigenvalue weighted by Crippen LogP contribution is -2.44. The Kier molecular flexibility index (Phi) is 10.3. The van der Waals surface area contributed by atoms with Gasteiger partial charge >= 0.3 is 0 Å². The van der Waals surface area contributed by atoms with Gasteiger partial charge in [-0.2, -0.15) is 0 Å². The number of hydrogen-bond donors (Lipinski definition) is 0. The fourth-order valence-electron chi connectivity index (χ4n) is 3.47. The number of carbonyl (C=O) groups excluding carboxylic acids is 2. The van der Waals surface area contributed by atoms with Crippen LogP contribution in [0.4, 0.5) is 0 Å². The zero-order valence-electron chi connectivity index (χ0n) is 19.8. The molecule has 3 rings (SSSR count). The van der Waals surface area contributed by atoms with Crippen molar-refractivity contribution in [3.8, 4) is 0 Å². The van der Waals surface area contributed by atoms with Crippen molar-refractivity contribution in [2.24, 2.45) is 0 Å². The number of nitrogens with zero attached hydrogens (tertiary/aromatic N) is 2. The van der Waals surface area contributed by atoms with Gasteiger partial charge in [0.1, 0.15) is 6.61 Å². The summed E-state index contributed by atoms with van der Waals surface area (Å²) in [5.74, 6) is -0.338. The molecule has 1 heterocycles. The maximum Gasteiger partial charge on any atom is 0.249 e. The summed E-state index contributed by atoms with van der Waals surface area (Å²) in [4.78, 5) is 31.9. The van der Waals surface area contributed by atoms with Gasteiger partial charge in [-0.25, -0.2) is 0 Å². The molecule has 0 saturated carbocycles. The number of aryl methyl sites for hydroxylation is 1. The Morgan fingerprint density at radius 2 is 1.50 bits per heavy atom. The average Bonchev–Trinajstić information content (AvgIpc) is 3.27. The summed E-state index contributed by atoms with van der Waals surface area (Å²) in [5.41, 5.74) is 2.04. The van der Waals surface area contributed by atoms with Crippen molar-refractivity contribution in [3.05, 3.63) is 93.7 Å². The molecule has 0 aliphatic carbocycles. The van der Waals surface area contributed by atoms with Crippen LogP contribution in [-0.2, 0) is 38.8 Å². The number of benzene rings is 2. The van der Waals surface area contributed by atoms with Gasteiger partial charge in [-0.1, -0.05) is 60.7 Å². The molecule has 34 heavy (non-hydrogen) atoms. The Balaban J connectivity index is 1.65.